The summed E-state index contributed by atoms with van der Waals surface area (Å²) >= 11 is 0. The van der Waals surface area contributed by atoms with Crippen molar-refractivity contribution in [1.29, 1.82) is 0 Å². The maximum absolute atomic E-state index is 5.77. The third-order valence-corrected chi connectivity index (χ3v) is 2.74. The van der Waals surface area contributed by atoms with Crippen LogP contribution in [0.2, 0.25) is 0 Å². The van der Waals surface area contributed by atoms with E-state index in [1.165, 1.54) is 16.5 Å². The molecule has 0 radical (unpaired) electrons. The fraction of sp³-hybridized carbons (Fsp3) is 0.0769. The average molecular weight is 208 g/mol. The predicted molar refractivity (Wildman–Crippen MR) is 74.1 cm³/mol. The average Bonchev–Trinajstić information content (AvgIpc) is 2.27. The summed E-state index contributed by atoms with van der Waals surface area (Å²) in [5.41, 5.74) is 3.79. The fourth-order valence-electron chi connectivity index (χ4n) is 1.52. The summed E-state index contributed by atoms with van der Waals surface area (Å²) in [7, 11) is 4.16. The van der Waals surface area contributed by atoms with Crippen LogP contribution in [0.1, 0.15) is 5.56 Å². The molecule has 0 aromatic heterocycles. The van der Waals surface area contributed by atoms with E-state index in [2.05, 4.69) is 46.9 Å². The van der Waals surface area contributed by atoms with Crippen molar-refractivity contribution >= 4 is 26.6 Å². The number of hydrogen-bond donors (Lipinski definition) is 0. The van der Waals surface area contributed by atoms with E-state index in [4.69, 9.17) is 4.74 Å². The minimum Gasteiger partial charge on any atom is -0.457 e. The summed E-state index contributed by atoms with van der Waals surface area (Å²) in [5.74, 6) is 1.78. The first kappa shape index (κ1) is 10.9. The van der Waals surface area contributed by atoms with Gasteiger partial charge in [0.25, 0.3) is 0 Å². The van der Waals surface area contributed by atoms with Gasteiger partial charge in [-0.1, -0.05) is 34.7 Å². The molecule has 0 N–H and O–H groups in total. The van der Waals surface area contributed by atoms with E-state index in [9.17, 15) is 0 Å². The van der Waals surface area contributed by atoms with Crippen LogP contribution in [-0.2, 0) is 0 Å². The van der Waals surface area contributed by atoms with E-state index < -0.39 is 0 Å². The van der Waals surface area contributed by atoms with Crippen molar-refractivity contribution < 1.29 is 4.74 Å². The van der Waals surface area contributed by atoms with Crippen molar-refractivity contribution in [2.45, 2.75) is 6.92 Å². The lowest BCUT2D eigenvalue weighted by molar-refractivity contribution is 0.483. The van der Waals surface area contributed by atoms with Gasteiger partial charge in [-0.05, 0) is 31.2 Å². The summed E-state index contributed by atoms with van der Waals surface area (Å²) in [6.45, 7) is 2.10. The molecule has 0 unspecified atom stereocenters. The SMILES string of the molecule is Bc1ccc(Oc2ccc(C)c(B)c2)cc1. The van der Waals surface area contributed by atoms with Crippen molar-refractivity contribution in [2.75, 3.05) is 0 Å². The van der Waals surface area contributed by atoms with Crippen molar-refractivity contribution in [1.82, 2.24) is 0 Å². The molecule has 2 aromatic rings. The molecule has 0 fully saturated rings. The van der Waals surface area contributed by atoms with Crippen LogP contribution in [0.25, 0.3) is 0 Å². The molecule has 0 bridgehead atoms. The maximum Gasteiger partial charge on any atom is 0.139 e. The van der Waals surface area contributed by atoms with Crippen LogP contribution in [0.3, 0.4) is 0 Å². The van der Waals surface area contributed by atoms with Crippen LogP contribution < -0.4 is 15.7 Å². The smallest absolute Gasteiger partial charge is 0.139 e. The Labute approximate surface area is 98.3 Å². The Hall–Kier alpha value is -1.63. The zero-order valence-electron chi connectivity index (χ0n) is 9.95. The zero-order valence-corrected chi connectivity index (χ0v) is 9.95. The van der Waals surface area contributed by atoms with Gasteiger partial charge in [-0.3, -0.25) is 0 Å². The quantitative estimate of drug-likeness (QED) is 0.645. The molecule has 0 aliphatic heterocycles. The lowest BCUT2D eigenvalue weighted by atomic mass is 9.91. The van der Waals surface area contributed by atoms with Crippen LogP contribution >= 0.6 is 0 Å². The van der Waals surface area contributed by atoms with Gasteiger partial charge in [-0.2, -0.15) is 0 Å². The minimum absolute atomic E-state index is 0.883. The van der Waals surface area contributed by atoms with E-state index in [1.54, 1.807) is 0 Å². The second-order valence-corrected chi connectivity index (χ2v) is 4.16. The van der Waals surface area contributed by atoms with E-state index in [0.717, 1.165) is 11.5 Å². The monoisotopic (exact) mass is 208 g/mol. The van der Waals surface area contributed by atoms with Gasteiger partial charge in [0.05, 0.1) is 0 Å². The van der Waals surface area contributed by atoms with Crippen LogP contribution in [0.4, 0.5) is 0 Å². The number of hydrogen-bond acceptors (Lipinski definition) is 1. The second-order valence-electron chi connectivity index (χ2n) is 4.16. The molecule has 0 aliphatic rings. The largest absolute Gasteiger partial charge is 0.457 e. The molecule has 0 heterocycles. The van der Waals surface area contributed by atoms with Crippen LogP contribution in [0.15, 0.2) is 42.5 Å². The topological polar surface area (TPSA) is 9.23 Å². The lowest BCUT2D eigenvalue weighted by Crippen LogP contribution is -2.06. The normalized spacial score (nSPS) is 10.1. The molecule has 0 spiro atoms. The molecular weight excluding hydrogens is 194 g/mol. The molecule has 1 nitrogen and oxygen atoms in total. The third-order valence-electron chi connectivity index (χ3n) is 2.74. The van der Waals surface area contributed by atoms with Crippen LogP contribution in [0.5, 0.6) is 11.5 Å². The molecular formula is C13H14B2O. The summed E-state index contributed by atoms with van der Waals surface area (Å²) in [5, 5.41) is 0. The highest BCUT2D eigenvalue weighted by Gasteiger charge is 1.98. The summed E-state index contributed by atoms with van der Waals surface area (Å²) in [6, 6.07) is 14.2. The number of aryl methyl sites for hydroxylation is 1. The standard InChI is InChI=1S/C13H14B2O/c1-9-2-5-12(8-13(9)15)16-11-6-3-10(14)4-7-11/h2-8H,14-15H2,1H3. The summed E-state index contributed by atoms with van der Waals surface area (Å²) < 4.78 is 5.77. The van der Waals surface area contributed by atoms with Gasteiger partial charge in [0.2, 0.25) is 0 Å². The molecule has 0 saturated heterocycles. The molecule has 78 valence electrons. The number of rotatable bonds is 2. The molecule has 0 atom stereocenters. The van der Waals surface area contributed by atoms with Gasteiger partial charge >= 0.3 is 0 Å². The molecule has 0 amide bonds. The maximum atomic E-state index is 5.77. The van der Waals surface area contributed by atoms with E-state index in [1.807, 2.05) is 18.2 Å². The number of ether oxygens (including phenoxy) is 1. The Morgan fingerprint density at radius 1 is 0.875 bits per heavy atom. The Morgan fingerprint density at radius 2 is 1.50 bits per heavy atom. The predicted octanol–water partition coefficient (Wildman–Crippen LogP) is 0.304. The minimum atomic E-state index is 0.883. The number of benzene rings is 2. The Morgan fingerprint density at radius 3 is 2.12 bits per heavy atom. The van der Waals surface area contributed by atoms with Gasteiger partial charge in [0.1, 0.15) is 27.2 Å². The lowest BCUT2D eigenvalue weighted by Gasteiger charge is -2.08. The zero-order chi connectivity index (χ0) is 11.5. The molecule has 16 heavy (non-hydrogen) atoms. The summed E-state index contributed by atoms with van der Waals surface area (Å²) in [6.07, 6.45) is 0. The molecule has 0 aliphatic carbocycles. The van der Waals surface area contributed by atoms with Crippen molar-refractivity contribution in [3.05, 3.63) is 48.0 Å². The van der Waals surface area contributed by atoms with Gasteiger partial charge in [0.15, 0.2) is 0 Å². The van der Waals surface area contributed by atoms with Gasteiger partial charge in [0, 0.05) is 0 Å². The Bertz CT molecular complexity index is 492. The van der Waals surface area contributed by atoms with E-state index in [0.29, 0.717) is 0 Å². The summed E-state index contributed by atoms with van der Waals surface area (Å²) in [4.78, 5) is 0. The van der Waals surface area contributed by atoms with Gasteiger partial charge in [-0.15, -0.1) is 0 Å². The van der Waals surface area contributed by atoms with E-state index >= 15 is 0 Å². The third kappa shape index (κ3) is 2.48. The fourth-order valence-corrected chi connectivity index (χ4v) is 1.52. The Kier molecular flexibility index (Phi) is 3.04. The first-order valence-electron chi connectivity index (χ1n) is 5.47. The molecule has 3 heteroatoms. The van der Waals surface area contributed by atoms with E-state index in [-0.39, 0.29) is 0 Å². The first-order valence-corrected chi connectivity index (χ1v) is 5.47. The van der Waals surface area contributed by atoms with Crippen molar-refractivity contribution in [2.24, 2.45) is 0 Å². The van der Waals surface area contributed by atoms with Crippen molar-refractivity contribution in [3.63, 3.8) is 0 Å². The second kappa shape index (κ2) is 4.48. The van der Waals surface area contributed by atoms with Crippen LogP contribution in [-0.4, -0.2) is 15.7 Å². The van der Waals surface area contributed by atoms with Gasteiger partial charge < -0.3 is 4.74 Å². The van der Waals surface area contributed by atoms with Gasteiger partial charge in [-0.25, -0.2) is 0 Å². The highest BCUT2D eigenvalue weighted by molar-refractivity contribution is 6.33. The molecule has 2 rings (SSSR count). The van der Waals surface area contributed by atoms with Crippen molar-refractivity contribution in [3.8, 4) is 11.5 Å². The first-order chi connectivity index (χ1) is 7.65. The molecule has 0 saturated carbocycles. The molecule has 2 aromatic carbocycles. The van der Waals surface area contributed by atoms with Crippen LogP contribution in [0, 0.1) is 6.92 Å². The Balaban J connectivity index is 2.20. The highest BCUT2D eigenvalue weighted by Crippen LogP contribution is 2.19. The highest BCUT2D eigenvalue weighted by atomic mass is 16.5.